The Morgan fingerprint density at radius 2 is 1.92 bits per heavy atom. The average molecular weight is 357 g/mol. The number of hydrogen-bond acceptors (Lipinski definition) is 4. The molecular formula is C20H20FNO4. The monoisotopic (exact) mass is 357 g/mol. The summed E-state index contributed by atoms with van der Waals surface area (Å²) in [6.07, 6.45) is 0.0866. The molecule has 136 valence electrons. The number of carbonyl (C=O) groups is 2. The average Bonchev–Trinajstić information content (AvgIpc) is 3.03. The van der Waals surface area contributed by atoms with Crippen LogP contribution < -0.4 is 9.64 Å². The summed E-state index contributed by atoms with van der Waals surface area (Å²) in [6, 6.07) is 13.3. The summed E-state index contributed by atoms with van der Waals surface area (Å²) in [6.45, 7) is 2.58. The minimum absolute atomic E-state index is 0.0866. The largest absolute Gasteiger partial charge is 0.494 e. The molecule has 0 saturated carbocycles. The van der Waals surface area contributed by atoms with E-state index in [2.05, 4.69) is 0 Å². The van der Waals surface area contributed by atoms with E-state index in [4.69, 9.17) is 9.47 Å². The fourth-order valence-corrected chi connectivity index (χ4v) is 2.89. The molecule has 1 atom stereocenters. The minimum Gasteiger partial charge on any atom is -0.494 e. The van der Waals surface area contributed by atoms with E-state index in [1.54, 1.807) is 47.4 Å². The second-order valence-electron chi connectivity index (χ2n) is 6.03. The fraction of sp³-hybridized carbons (Fsp3) is 0.300. The van der Waals surface area contributed by atoms with Gasteiger partial charge in [-0.15, -0.1) is 0 Å². The molecule has 0 aromatic heterocycles. The third kappa shape index (κ3) is 4.02. The van der Waals surface area contributed by atoms with Crippen molar-refractivity contribution in [1.82, 2.24) is 0 Å². The van der Waals surface area contributed by atoms with Crippen molar-refractivity contribution < 1.29 is 23.5 Å². The van der Waals surface area contributed by atoms with Crippen LogP contribution >= 0.6 is 0 Å². The first-order valence-corrected chi connectivity index (χ1v) is 8.51. The van der Waals surface area contributed by atoms with Crippen LogP contribution in [-0.2, 0) is 20.9 Å². The van der Waals surface area contributed by atoms with Gasteiger partial charge in [0.05, 0.1) is 12.5 Å². The zero-order valence-electron chi connectivity index (χ0n) is 14.5. The Hall–Kier alpha value is -2.89. The minimum atomic E-state index is -0.555. The van der Waals surface area contributed by atoms with Gasteiger partial charge in [0.1, 0.15) is 18.2 Å². The lowest BCUT2D eigenvalue weighted by atomic mass is 10.1. The third-order valence-electron chi connectivity index (χ3n) is 4.25. The normalized spacial score (nSPS) is 16.6. The van der Waals surface area contributed by atoms with E-state index < -0.39 is 17.7 Å². The van der Waals surface area contributed by atoms with Crippen molar-refractivity contribution >= 4 is 17.6 Å². The Bertz CT molecular complexity index is 791. The number of anilines is 1. The molecule has 26 heavy (non-hydrogen) atoms. The van der Waals surface area contributed by atoms with Crippen LogP contribution in [-0.4, -0.2) is 25.0 Å². The molecule has 0 aliphatic carbocycles. The highest BCUT2D eigenvalue weighted by Crippen LogP contribution is 2.27. The number of ether oxygens (including phenoxy) is 2. The molecule has 1 aliphatic rings. The number of esters is 1. The van der Waals surface area contributed by atoms with Crippen molar-refractivity contribution in [3.8, 4) is 5.75 Å². The number of carbonyl (C=O) groups excluding carboxylic acids is 2. The number of halogens is 1. The van der Waals surface area contributed by atoms with Crippen LogP contribution in [0.2, 0.25) is 0 Å². The summed E-state index contributed by atoms with van der Waals surface area (Å²) in [5.74, 6) is -0.875. The summed E-state index contributed by atoms with van der Waals surface area (Å²) in [5.41, 5.74) is 1.02. The van der Waals surface area contributed by atoms with Gasteiger partial charge in [0.2, 0.25) is 5.91 Å². The molecule has 1 saturated heterocycles. The standard InChI is InChI=1S/C20H20FNO4/c1-2-25-17-9-7-16(8-10-17)22-12-15(11-19(22)23)20(24)26-13-14-5-3-4-6-18(14)21/h3-10,15H,2,11-13H2,1H3. The van der Waals surface area contributed by atoms with Crippen LogP contribution in [0.1, 0.15) is 18.9 Å². The summed E-state index contributed by atoms with van der Waals surface area (Å²) >= 11 is 0. The summed E-state index contributed by atoms with van der Waals surface area (Å²) < 4.78 is 24.2. The van der Waals surface area contributed by atoms with Crippen LogP contribution in [0.15, 0.2) is 48.5 Å². The molecule has 0 spiro atoms. The Kier molecular flexibility index (Phi) is 5.51. The molecule has 1 fully saturated rings. The topological polar surface area (TPSA) is 55.8 Å². The van der Waals surface area contributed by atoms with Crippen LogP contribution in [0, 0.1) is 11.7 Å². The first-order valence-electron chi connectivity index (χ1n) is 8.51. The van der Waals surface area contributed by atoms with Gasteiger partial charge in [0.25, 0.3) is 0 Å². The highest BCUT2D eigenvalue weighted by molar-refractivity contribution is 5.99. The molecular weight excluding hydrogens is 337 g/mol. The molecule has 1 aliphatic heterocycles. The first-order chi connectivity index (χ1) is 12.6. The van der Waals surface area contributed by atoms with Gasteiger partial charge in [0, 0.05) is 24.2 Å². The zero-order valence-corrected chi connectivity index (χ0v) is 14.5. The summed E-state index contributed by atoms with van der Waals surface area (Å²) in [7, 11) is 0. The molecule has 2 aromatic carbocycles. The SMILES string of the molecule is CCOc1ccc(N2CC(C(=O)OCc3ccccc3F)CC2=O)cc1. The molecule has 0 bridgehead atoms. The van der Waals surface area contributed by atoms with Crippen LogP contribution in [0.3, 0.4) is 0 Å². The maximum absolute atomic E-state index is 13.6. The highest BCUT2D eigenvalue weighted by atomic mass is 19.1. The second kappa shape index (κ2) is 7.99. The molecule has 1 amide bonds. The van der Waals surface area contributed by atoms with Crippen molar-refractivity contribution in [3.63, 3.8) is 0 Å². The number of rotatable bonds is 6. The fourth-order valence-electron chi connectivity index (χ4n) is 2.89. The van der Waals surface area contributed by atoms with E-state index in [1.807, 2.05) is 6.92 Å². The molecule has 1 heterocycles. The van der Waals surface area contributed by atoms with Crippen LogP contribution in [0.4, 0.5) is 10.1 Å². The number of amides is 1. The maximum atomic E-state index is 13.6. The summed E-state index contributed by atoms with van der Waals surface area (Å²) in [5, 5.41) is 0. The highest BCUT2D eigenvalue weighted by Gasteiger charge is 2.36. The Balaban J connectivity index is 1.60. The van der Waals surface area contributed by atoms with E-state index in [0.717, 1.165) is 5.75 Å². The van der Waals surface area contributed by atoms with Gasteiger partial charge in [0.15, 0.2) is 0 Å². The molecule has 6 heteroatoms. The first kappa shape index (κ1) is 17.9. The van der Waals surface area contributed by atoms with E-state index in [9.17, 15) is 14.0 Å². The Morgan fingerprint density at radius 3 is 2.62 bits per heavy atom. The van der Waals surface area contributed by atoms with Crippen molar-refractivity contribution in [2.45, 2.75) is 20.0 Å². The number of hydrogen-bond donors (Lipinski definition) is 0. The zero-order chi connectivity index (χ0) is 18.5. The van der Waals surface area contributed by atoms with Crippen molar-refractivity contribution in [2.75, 3.05) is 18.1 Å². The van der Waals surface area contributed by atoms with Crippen molar-refractivity contribution in [2.24, 2.45) is 5.92 Å². The van der Waals surface area contributed by atoms with Gasteiger partial charge in [-0.05, 0) is 37.3 Å². The van der Waals surface area contributed by atoms with Gasteiger partial charge in [-0.1, -0.05) is 18.2 Å². The van der Waals surface area contributed by atoms with Crippen LogP contribution in [0.5, 0.6) is 5.75 Å². The third-order valence-corrected chi connectivity index (χ3v) is 4.25. The Morgan fingerprint density at radius 1 is 1.19 bits per heavy atom. The van der Waals surface area contributed by atoms with Gasteiger partial charge in [-0.2, -0.15) is 0 Å². The molecule has 1 unspecified atom stereocenters. The van der Waals surface area contributed by atoms with Gasteiger partial charge >= 0.3 is 5.97 Å². The lowest BCUT2D eigenvalue weighted by Gasteiger charge is -2.17. The molecule has 5 nitrogen and oxygen atoms in total. The summed E-state index contributed by atoms with van der Waals surface area (Å²) in [4.78, 5) is 26.1. The van der Waals surface area contributed by atoms with Crippen molar-refractivity contribution in [3.05, 3.63) is 59.9 Å². The molecule has 0 radical (unpaired) electrons. The quantitative estimate of drug-likeness (QED) is 0.744. The lowest BCUT2D eigenvalue weighted by molar-refractivity contribution is -0.149. The maximum Gasteiger partial charge on any atom is 0.311 e. The molecule has 0 N–H and O–H groups in total. The van der Waals surface area contributed by atoms with Gasteiger partial charge in [-0.25, -0.2) is 4.39 Å². The van der Waals surface area contributed by atoms with E-state index in [-0.39, 0.29) is 25.5 Å². The van der Waals surface area contributed by atoms with E-state index in [0.29, 0.717) is 17.9 Å². The van der Waals surface area contributed by atoms with E-state index in [1.165, 1.54) is 6.07 Å². The van der Waals surface area contributed by atoms with Gasteiger partial charge < -0.3 is 14.4 Å². The molecule has 2 aromatic rings. The van der Waals surface area contributed by atoms with Gasteiger partial charge in [-0.3, -0.25) is 9.59 Å². The number of benzene rings is 2. The smallest absolute Gasteiger partial charge is 0.311 e. The van der Waals surface area contributed by atoms with Crippen molar-refractivity contribution in [1.29, 1.82) is 0 Å². The number of nitrogens with zero attached hydrogens (tertiary/aromatic N) is 1. The second-order valence-corrected chi connectivity index (χ2v) is 6.03. The predicted octanol–water partition coefficient (Wildman–Crippen LogP) is 3.32. The van der Waals surface area contributed by atoms with Crippen LogP contribution in [0.25, 0.3) is 0 Å². The lowest BCUT2D eigenvalue weighted by Crippen LogP contribution is -2.26. The van der Waals surface area contributed by atoms with E-state index >= 15 is 0 Å². The predicted molar refractivity (Wildman–Crippen MR) is 94.3 cm³/mol. The molecule has 3 rings (SSSR count). The Labute approximate surface area is 151 Å².